The van der Waals surface area contributed by atoms with Crippen LogP contribution in [-0.4, -0.2) is 22.3 Å². The zero-order valence-electron chi connectivity index (χ0n) is 8.51. The molecule has 0 saturated heterocycles. The number of rotatable bonds is 2. The van der Waals surface area contributed by atoms with Crippen LogP contribution in [0.25, 0.3) is 0 Å². The third-order valence-corrected chi connectivity index (χ3v) is 1.80. The lowest BCUT2D eigenvalue weighted by atomic mass is 10.2. The van der Waals surface area contributed by atoms with E-state index in [2.05, 4.69) is 12.1 Å². The van der Waals surface area contributed by atoms with Gasteiger partial charge in [0.2, 0.25) is 0 Å². The molecule has 1 unspecified atom stereocenters. The van der Waals surface area contributed by atoms with Crippen molar-refractivity contribution < 1.29 is 19.7 Å². The third kappa shape index (κ3) is 4.46. The van der Waals surface area contributed by atoms with Crippen molar-refractivity contribution in [2.75, 3.05) is 0 Å². The van der Waals surface area contributed by atoms with Gasteiger partial charge < -0.3 is 14.9 Å². The van der Waals surface area contributed by atoms with Crippen LogP contribution in [-0.2, 0) is 11.4 Å². The molecule has 0 saturated carbocycles. The van der Waals surface area contributed by atoms with Gasteiger partial charge in [-0.25, -0.2) is 0 Å². The third-order valence-electron chi connectivity index (χ3n) is 1.80. The van der Waals surface area contributed by atoms with E-state index in [1.807, 2.05) is 12.1 Å². The van der Waals surface area contributed by atoms with E-state index in [-0.39, 0.29) is 6.42 Å². The first kappa shape index (κ1) is 11.5. The fourth-order valence-electron chi connectivity index (χ4n) is 1.10. The van der Waals surface area contributed by atoms with E-state index in [0.29, 0.717) is 0 Å². The molecule has 4 nitrogen and oxygen atoms in total. The zero-order valence-corrected chi connectivity index (χ0v) is 8.51. The molecular formula is C11H14O4. The van der Waals surface area contributed by atoms with Crippen LogP contribution >= 0.6 is 0 Å². The van der Waals surface area contributed by atoms with Gasteiger partial charge in [0.05, 0.1) is 12.5 Å². The molecule has 0 aromatic heterocycles. The molecule has 2 heterocycles. The van der Waals surface area contributed by atoms with Crippen molar-refractivity contribution in [3.8, 4) is 5.75 Å². The first-order valence-corrected chi connectivity index (χ1v) is 4.69. The number of benzene rings is 1. The number of carboxylic acids is 1. The second-order valence-electron chi connectivity index (χ2n) is 3.38. The minimum absolute atomic E-state index is 0.167. The molecule has 2 aliphatic heterocycles. The molecule has 15 heavy (non-hydrogen) atoms. The SMILES string of the molecule is CC(O)CC(=O)O.c1cc2ccc1CO2. The number of aliphatic hydroxyl groups excluding tert-OH is 1. The Morgan fingerprint density at radius 2 is 2.07 bits per heavy atom. The van der Waals surface area contributed by atoms with Crippen LogP contribution < -0.4 is 4.74 Å². The maximum Gasteiger partial charge on any atom is 0.305 e. The summed E-state index contributed by atoms with van der Waals surface area (Å²) in [6, 6.07) is 8.13. The average Bonchev–Trinajstić information content (AvgIpc) is 2.19. The molecule has 3 rings (SSSR count). The van der Waals surface area contributed by atoms with Gasteiger partial charge in [-0.1, -0.05) is 12.1 Å². The number of aliphatic hydroxyl groups is 1. The molecule has 0 fully saturated rings. The van der Waals surface area contributed by atoms with Gasteiger partial charge in [0.15, 0.2) is 0 Å². The molecule has 2 aliphatic rings. The molecule has 1 aromatic rings. The Morgan fingerprint density at radius 1 is 1.47 bits per heavy atom. The minimum atomic E-state index is -0.963. The molecule has 0 spiro atoms. The van der Waals surface area contributed by atoms with Gasteiger partial charge in [0.1, 0.15) is 12.4 Å². The molecular weight excluding hydrogens is 196 g/mol. The average molecular weight is 210 g/mol. The first-order valence-electron chi connectivity index (χ1n) is 4.69. The van der Waals surface area contributed by atoms with Gasteiger partial charge in [-0.3, -0.25) is 4.79 Å². The second-order valence-corrected chi connectivity index (χ2v) is 3.38. The lowest BCUT2D eigenvalue weighted by Gasteiger charge is -2.11. The Labute approximate surface area is 88.1 Å². The van der Waals surface area contributed by atoms with Crippen molar-refractivity contribution in [1.82, 2.24) is 0 Å². The summed E-state index contributed by atoms with van der Waals surface area (Å²) < 4.78 is 5.18. The van der Waals surface area contributed by atoms with Gasteiger partial charge in [-0.2, -0.15) is 0 Å². The summed E-state index contributed by atoms with van der Waals surface area (Å²) in [7, 11) is 0. The number of aliphatic carboxylic acids is 1. The van der Waals surface area contributed by atoms with E-state index in [1.165, 1.54) is 12.5 Å². The molecule has 82 valence electrons. The largest absolute Gasteiger partial charge is 0.489 e. The highest BCUT2D eigenvalue weighted by Gasteiger charge is 2.01. The van der Waals surface area contributed by atoms with Crippen molar-refractivity contribution in [2.45, 2.75) is 26.1 Å². The summed E-state index contributed by atoms with van der Waals surface area (Å²) in [5, 5.41) is 16.3. The van der Waals surface area contributed by atoms with E-state index in [0.717, 1.165) is 12.4 Å². The van der Waals surface area contributed by atoms with Gasteiger partial charge in [0.25, 0.3) is 0 Å². The fourth-order valence-corrected chi connectivity index (χ4v) is 1.10. The van der Waals surface area contributed by atoms with Crippen molar-refractivity contribution in [2.24, 2.45) is 0 Å². The number of carboxylic acid groups (broad SMARTS) is 1. The molecule has 1 atom stereocenters. The highest BCUT2D eigenvalue weighted by atomic mass is 16.5. The molecule has 1 aromatic carbocycles. The van der Waals surface area contributed by atoms with Gasteiger partial charge in [-0.15, -0.1) is 0 Å². The van der Waals surface area contributed by atoms with Crippen LogP contribution in [0.15, 0.2) is 24.3 Å². The number of hydrogen-bond acceptors (Lipinski definition) is 3. The Hall–Kier alpha value is -1.55. The standard InChI is InChI=1S/C7H6O.C4H8O3/c1-3-7-4-2-6(1)5-8-7;1-3(5)2-4(6)7/h1-4H,5H2;3,5H,2H2,1H3,(H,6,7). The van der Waals surface area contributed by atoms with Gasteiger partial charge in [0, 0.05) is 0 Å². The monoisotopic (exact) mass is 210 g/mol. The number of carbonyl (C=O) groups is 1. The predicted octanol–water partition coefficient (Wildman–Crippen LogP) is 1.42. The number of fused-ring (bicyclic) bond motifs is 3. The van der Waals surface area contributed by atoms with Crippen LogP contribution in [0.1, 0.15) is 18.9 Å². The summed E-state index contributed by atoms with van der Waals surface area (Å²) in [5.74, 6) is 0.0231. The summed E-state index contributed by atoms with van der Waals surface area (Å²) in [5.41, 5.74) is 1.26. The van der Waals surface area contributed by atoms with Gasteiger partial charge in [-0.05, 0) is 24.6 Å². The van der Waals surface area contributed by atoms with E-state index in [9.17, 15) is 4.79 Å². The van der Waals surface area contributed by atoms with Crippen molar-refractivity contribution in [3.63, 3.8) is 0 Å². The van der Waals surface area contributed by atoms with E-state index < -0.39 is 12.1 Å². The Balaban J connectivity index is 0.000000153. The maximum atomic E-state index is 9.65. The molecule has 4 heteroatoms. The van der Waals surface area contributed by atoms with Crippen LogP contribution in [0.5, 0.6) is 5.75 Å². The molecule has 0 aliphatic carbocycles. The minimum Gasteiger partial charge on any atom is -0.489 e. The quantitative estimate of drug-likeness (QED) is 0.774. The lowest BCUT2D eigenvalue weighted by Crippen LogP contribution is -2.07. The fraction of sp³-hybridized carbons (Fsp3) is 0.364. The number of hydrogen-bond donors (Lipinski definition) is 2. The maximum absolute atomic E-state index is 9.65. The highest BCUT2D eigenvalue weighted by Crippen LogP contribution is 2.19. The summed E-state index contributed by atoms with van der Waals surface area (Å²) in [4.78, 5) is 9.65. The lowest BCUT2D eigenvalue weighted by molar-refractivity contribution is -0.138. The highest BCUT2D eigenvalue weighted by molar-refractivity contribution is 5.67. The number of ether oxygens (including phenoxy) is 1. The molecule has 2 bridgehead atoms. The smallest absolute Gasteiger partial charge is 0.305 e. The summed E-state index contributed by atoms with van der Waals surface area (Å²) in [6.45, 7) is 2.20. The Bertz CT molecular complexity index is 293. The summed E-state index contributed by atoms with van der Waals surface area (Å²) >= 11 is 0. The van der Waals surface area contributed by atoms with E-state index in [4.69, 9.17) is 14.9 Å². The zero-order chi connectivity index (χ0) is 11.3. The van der Waals surface area contributed by atoms with E-state index >= 15 is 0 Å². The topological polar surface area (TPSA) is 66.8 Å². The van der Waals surface area contributed by atoms with Crippen LogP contribution in [0, 0.1) is 0 Å². The Kier molecular flexibility index (Phi) is 4.12. The summed E-state index contributed by atoms with van der Waals surface area (Å²) in [6.07, 6.45) is -0.891. The van der Waals surface area contributed by atoms with Crippen molar-refractivity contribution in [1.29, 1.82) is 0 Å². The van der Waals surface area contributed by atoms with Crippen LogP contribution in [0.4, 0.5) is 0 Å². The van der Waals surface area contributed by atoms with Crippen molar-refractivity contribution in [3.05, 3.63) is 29.8 Å². The van der Waals surface area contributed by atoms with Crippen LogP contribution in [0.3, 0.4) is 0 Å². The van der Waals surface area contributed by atoms with Gasteiger partial charge >= 0.3 is 5.97 Å². The molecule has 2 N–H and O–H groups in total. The Morgan fingerprint density at radius 3 is 2.13 bits per heavy atom. The van der Waals surface area contributed by atoms with E-state index in [1.54, 1.807) is 0 Å². The normalized spacial score (nSPS) is 13.5. The predicted molar refractivity (Wildman–Crippen MR) is 54.7 cm³/mol. The molecule has 0 amide bonds. The molecule has 0 radical (unpaired) electrons. The van der Waals surface area contributed by atoms with Crippen LogP contribution in [0.2, 0.25) is 0 Å². The van der Waals surface area contributed by atoms with Crippen molar-refractivity contribution >= 4 is 5.97 Å². The second kappa shape index (κ2) is 5.36. The first-order chi connectivity index (χ1) is 7.08.